The molecular weight excluding hydrogens is 386 g/mol. The molecule has 0 bridgehead atoms. The van der Waals surface area contributed by atoms with Gasteiger partial charge in [0.25, 0.3) is 5.69 Å². The van der Waals surface area contributed by atoms with Gasteiger partial charge in [-0.2, -0.15) is 0 Å². The van der Waals surface area contributed by atoms with Gasteiger partial charge in [-0.1, -0.05) is 66.4 Å². The summed E-state index contributed by atoms with van der Waals surface area (Å²) in [5.74, 6) is -0.220. The molecule has 0 spiro atoms. The van der Waals surface area contributed by atoms with Crippen molar-refractivity contribution in [3.05, 3.63) is 88.5 Å². The van der Waals surface area contributed by atoms with Crippen molar-refractivity contribution in [1.82, 2.24) is 10.2 Å². The molecule has 0 aliphatic carbocycles. The lowest BCUT2D eigenvalue weighted by Crippen LogP contribution is -1.98. The number of hydrogen-bond donors (Lipinski definition) is 0. The van der Waals surface area contributed by atoms with E-state index in [-0.39, 0.29) is 11.5 Å². The number of nitrogens with zero attached hydrogens (tertiary/aromatic N) is 3. The molecule has 0 aliphatic rings. The van der Waals surface area contributed by atoms with Crippen molar-refractivity contribution in [1.29, 1.82) is 0 Å². The highest BCUT2D eigenvalue weighted by molar-refractivity contribution is 7.99. The number of benzene rings is 3. The number of fused-ring (bicyclic) bond motifs is 1. The summed E-state index contributed by atoms with van der Waals surface area (Å²) >= 11 is 1.17. The summed E-state index contributed by atoms with van der Waals surface area (Å²) in [6.07, 6.45) is 0. The van der Waals surface area contributed by atoms with Gasteiger partial charge in [-0.3, -0.25) is 14.9 Å². The zero-order valence-electron chi connectivity index (χ0n) is 15.4. The average molecular weight is 401 g/mol. The Morgan fingerprint density at radius 3 is 2.31 bits per heavy atom. The van der Waals surface area contributed by atoms with Crippen molar-refractivity contribution in [3.8, 4) is 11.3 Å². The Morgan fingerprint density at radius 1 is 0.931 bits per heavy atom. The first-order valence-corrected chi connectivity index (χ1v) is 9.64. The lowest BCUT2D eigenvalue weighted by atomic mass is 10.1. The third kappa shape index (κ3) is 3.72. The SMILES string of the molecule is CC(=O)c1ccc(Sc2nnc(-c3ccccc3)c3ccccc23)c([N+](=O)[O-])c1. The number of carbonyl (C=O) groups is 1. The molecule has 0 amide bonds. The fraction of sp³-hybridized carbons (Fsp3) is 0.0455. The molecule has 0 unspecified atom stereocenters. The van der Waals surface area contributed by atoms with Crippen LogP contribution in [0.1, 0.15) is 17.3 Å². The predicted molar refractivity (Wildman–Crippen MR) is 112 cm³/mol. The Balaban J connectivity index is 1.83. The van der Waals surface area contributed by atoms with E-state index in [4.69, 9.17) is 0 Å². The first-order chi connectivity index (χ1) is 14.0. The second-order valence-electron chi connectivity index (χ2n) is 6.36. The number of nitro groups is 1. The molecule has 4 aromatic rings. The van der Waals surface area contributed by atoms with E-state index in [1.54, 1.807) is 12.1 Å². The van der Waals surface area contributed by atoms with Gasteiger partial charge in [0.05, 0.1) is 9.82 Å². The molecular formula is C22H15N3O3S. The summed E-state index contributed by atoms with van der Waals surface area (Å²) in [4.78, 5) is 23.0. The second-order valence-corrected chi connectivity index (χ2v) is 7.39. The molecule has 6 nitrogen and oxygen atoms in total. The summed E-state index contributed by atoms with van der Waals surface area (Å²) in [6.45, 7) is 1.38. The van der Waals surface area contributed by atoms with Crippen LogP contribution < -0.4 is 0 Å². The van der Waals surface area contributed by atoms with Crippen molar-refractivity contribution in [2.24, 2.45) is 0 Å². The van der Waals surface area contributed by atoms with Crippen LogP contribution in [0.4, 0.5) is 5.69 Å². The highest BCUT2D eigenvalue weighted by atomic mass is 32.2. The zero-order valence-corrected chi connectivity index (χ0v) is 16.2. The molecule has 0 atom stereocenters. The number of rotatable bonds is 5. The second kappa shape index (κ2) is 7.81. The van der Waals surface area contributed by atoms with Crippen molar-refractivity contribution < 1.29 is 9.72 Å². The van der Waals surface area contributed by atoms with Gasteiger partial charge in [0, 0.05) is 28.0 Å². The van der Waals surface area contributed by atoms with Crippen LogP contribution in [0.15, 0.2) is 82.7 Å². The van der Waals surface area contributed by atoms with E-state index < -0.39 is 4.92 Å². The highest BCUT2D eigenvalue weighted by Crippen LogP contribution is 2.39. The van der Waals surface area contributed by atoms with E-state index in [1.807, 2.05) is 54.6 Å². The average Bonchev–Trinajstić information content (AvgIpc) is 2.74. The summed E-state index contributed by atoms with van der Waals surface area (Å²) in [5.41, 5.74) is 1.88. The van der Waals surface area contributed by atoms with Crippen LogP contribution in [0, 0.1) is 10.1 Å². The normalized spacial score (nSPS) is 10.8. The maximum Gasteiger partial charge on any atom is 0.284 e. The highest BCUT2D eigenvalue weighted by Gasteiger charge is 2.20. The molecule has 0 saturated heterocycles. The first-order valence-electron chi connectivity index (χ1n) is 8.82. The summed E-state index contributed by atoms with van der Waals surface area (Å²) in [6, 6.07) is 21.9. The van der Waals surface area contributed by atoms with Crippen LogP contribution >= 0.6 is 11.8 Å². The maximum absolute atomic E-state index is 11.6. The Kier molecular flexibility index (Phi) is 5.05. The largest absolute Gasteiger partial charge is 0.295 e. The Bertz CT molecular complexity index is 1240. The van der Waals surface area contributed by atoms with Gasteiger partial charge in [-0.05, 0) is 19.1 Å². The van der Waals surface area contributed by atoms with Crippen molar-refractivity contribution in [2.45, 2.75) is 16.8 Å². The van der Waals surface area contributed by atoms with Crippen LogP contribution in [0.3, 0.4) is 0 Å². The lowest BCUT2D eigenvalue weighted by Gasteiger charge is -2.09. The fourth-order valence-electron chi connectivity index (χ4n) is 3.03. The van der Waals surface area contributed by atoms with Crippen LogP contribution in [0.2, 0.25) is 0 Å². The molecule has 1 heterocycles. The molecule has 0 radical (unpaired) electrons. The molecule has 29 heavy (non-hydrogen) atoms. The summed E-state index contributed by atoms with van der Waals surface area (Å²) in [5, 5.41) is 22.6. The fourth-order valence-corrected chi connectivity index (χ4v) is 3.99. The Morgan fingerprint density at radius 2 is 1.62 bits per heavy atom. The molecule has 0 N–H and O–H groups in total. The van der Waals surface area contributed by atoms with E-state index in [2.05, 4.69) is 10.2 Å². The maximum atomic E-state index is 11.6. The van der Waals surface area contributed by atoms with Gasteiger partial charge in [0.15, 0.2) is 5.78 Å². The van der Waals surface area contributed by atoms with Gasteiger partial charge in [0.2, 0.25) is 0 Å². The number of hydrogen-bond acceptors (Lipinski definition) is 6. The van der Waals surface area contributed by atoms with Gasteiger partial charge in [0.1, 0.15) is 10.7 Å². The van der Waals surface area contributed by atoms with Gasteiger partial charge in [-0.25, -0.2) is 0 Å². The van der Waals surface area contributed by atoms with Gasteiger partial charge < -0.3 is 0 Å². The van der Waals surface area contributed by atoms with Crippen LogP contribution in [-0.2, 0) is 0 Å². The van der Waals surface area contributed by atoms with E-state index in [0.717, 1.165) is 22.0 Å². The number of carbonyl (C=O) groups excluding carboxylic acids is 1. The van der Waals surface area contributed by atoms with Gasteiger partial charge in [-0.15, -0.1) is 10.2 Å². The molecule has 0 fully saturated rings. The molecule has 3 aromatic carbocycles. The van der Waals surface area contributed by atoms with Crippen LogP contribution in [0.5, 0.6) is 0 Å². The van der Waals surface area contributed by atoms with Gasteiger partial charge >= 0.3 is 0 Å². The number of nitro benzene ring substituents is 1. The predicted octanol–water partition coefficient (Wildman–Crippen LogP) is 5.56. The molecule has 142 valence electrons. The third-order valence-electron chi connectivity index (χ3n) is 4.47. The minimum absolute atomic E-state index is 0.124. The smallest absolute Gasteiger partial charge is 0.284 e. The lowest BCUT2D eigenvalue weighted by molar-refractivity contribution is -0.387. The molecule has 1 aromatic heterocycles. The number of aromatic nitrogens is 2. The van der Waals surface area contributed by atoms with E-state index in [1.165, 1.54) is 24.8 Å². The molecule has 4 rings (SSSR count). The Labute approximate surface area is 170 Å². The quantitative estimate of drug-likeness (QED) is 0.247. The topological polar surface area (TPSA) is 86.0 Å². The number of Topliss-reactive ketones (excluding diaryl/α,β-unsaturated/α-hetero) is 1. The van der Waals surface area contributed by atoms with E-state index in [9.17, 15) is 14.9 Å². The van der Waals surface area contributed by atoms with E-state index >= 15 is 0 Å². The monoisotopic (exact) mass is 401 g/mol. The minimum Gasteiger partial charge on any atom is -0.295 e. The van der Waals surface area contributed by atoms with Crippen LogP contribution in [-0.4, -0.2) is 20.9 Å². The zero-order chi connectivity index (χ0) is 20.4. The molecule has 0 aliphatic heterocycles. The van der Waals surface area contributed by atoms with Crippen molar-refractivity contribution in [3.63, 3.8) is 0 Å². The Hall–Kier alpha value is -3.58. The van der Waals surface area contributed by atoms with Crippen LogP contribution in [0.25, 0.3) is 22.0 Å². The van der Waals surface area contributed by atoms with Crippen molar-refractivity contribution >= 4 is 34.0 Å². The summed E-state index contributed by atoms with van der Waals surface area (Å²) in [7, 11) is 0. The molecule has 0 saturated carbocycles. The van der Waals surface area contributed by atoms with E-state index in [0.29, 0.717) is 15.5 Å². The van der Waals surface area contributed by atoms with Crippen molar-refractivity contribution in [2.75, 3.05) is 0 Å². The first kappa shape index (κ1) is 18.8. The standard InChI is InChI=1S/C22H15N3O3S/c1-14(26)16-11-12-20(19(13-16)25(27)28)29-22-18-10-6-5-9-17(18)21(23-24-22)15-7-3-2-4-8-15/h2-13H,1H3. The third-order valence-corrected chi connectivity index (χ3v) is 5.53. The summed E-state index contributed by atoms with van der Waals surface area (Å²) < 4.78 is 0. The minimum atomic E-state index is -0.483. The molecule has 7 heteroatoms. The number of ketones is 1.